The molecule has 0 unspecified atom stereocenters. The number of thiophene rings is 1. The Morgan fingerprint density at radius 2 is 2.29 bits per heavy atom. The minimum absolute atomic E-state index is 0.0118. The highest BCUT2D eigenvalue weighted by Gasteiger charge is 2.28. The number of carbonyl (C=O) groups is 1. The number of hydrogen-bond donors (Lipinski definition) is 1. The zero-order valence-electron chi connectivity index (χ0n) is 14.2. The third kappa shape index (κ3) is 3.62. The topological polar surface area (TPSA) is 57.7 Å². The maximum atomic E-state index is 12.4. The number of carbonyl (C=O) groups excluding carboxylic acids is 1. The number of rotatable bonds is 4. The summed E-state index contributed by atoms with van der Waals surface area (Å²) in [6.07, 6.45) is 2.56. The van der Waals surface area contributed by atoms with Gasteiger partial charge in [0.1, 0.15) is 6.10 Å². The van der Waals surface area contributed by atoms with Crippen LogP contribution < -0.4 is 15.0 Å². The van der Waals surface area contributed by atoms with E-state index in [1.165, 1.54) is 0 Å². The maximum absolute atomic E-state index is 12.4. The Kier molecular flexibility index (Phi) is 4.89. The minimum Gasteiger partial charge on any atom is -0.485 e. The molecule has 24 heavy (non-hydrogen) atoms. The van der Waals surface area contributed by atoms with Crippen LogP contribution in [0.25, 0.3) is 0 Å². The zero-order valence-corrected chi connectivity index (χ0v) is 15.0. The molecular formula is C17H22N4O2S. The van der Waals surface area contributed by atoms with Crippen molar-refractivity contribution in [1.29, 1.82) is 0 Å². The van der Waals surface area contributed by atoms with Crippen molar-refractivity contribution in [3.8, 4) is 5.75 Å². The molecule has 1 saturated heterocycles. The predicted molar refractivity (Wildman–Crippen MR) is 97.2 cm³/mol. The third-order valence-electron chi connectivity index (χ3n) is 4.00. The normalized spacial score (nSPS) is 17.0. The molecule has 1 N–H and O–H groups in total. The Morgan fingerprint density at radius 3 is 3.00 bits per heavy atom. The van der Waals surface area contributed by atoms with Crippen LogP contribution in [-0.2, 0) is 0 Å². The predicted octanol–water partition coefficient (Wildman–Crippen LogP) is 3.20. The monoisotopic (exact) mass is 346 g/mol. The van der Waals surface area contributed by atoms with Gasteiger partial charge in [-0.2, -0.15) is 0 Å². The van der Waals surface area contributed by atoms with Crippen molar-refractivity contribution < 1.29 is 9.53 Å². The standard InChI is InChI=1S/C17H22N4O2S/c1-12-10-24-11-14(12)19-17(22)21-8-6-13(9-21)23-15-5-4-7-18-16(15)20(2)3/h4-5,7,10-11,13H,6,8-9H2,1-3H3,(H,19,22)/t13-/m1/s1. The molecule has 0 saturated carbocycles. The fraction of sp³-hybridized carbons (Fsp3) is 0.412. The number of likely N-dealkylation sites (tertiary alicyclic amines) is 1. The average Bonchev–Trinajstić information content (AvgIpc) is 3.17. The van der Waals surface area contributed by atoms with Crippen molar-refractivity contribution in [3.63, 3.8) is 0 Å². The Hall–Kier alpha value is -2.28. The quantitative estimate of drug-likeness (QED) is 0.924. The minimum atomic E-state index is -0.0679. The van der Waals surface area contributed by atoms with Gasteiger partial charge in [-0.25, -0.2) is 9.78 Å². The second kappa shape index (κ2) is 7.09. The molecule has 2 aromatic heterocycles. The maximum Gasteiger partial charge on any atom is 0.322 e. The highest BCUT2D eigenvalue weighted by atomic mass is 32.1. The smallest absolute Gasteiger partial charge is 0.322 e. The van der Waals surface area contributed by atoms with Gasteiger partial charge < -0.3 is 19.9 Å². The van der Waals surface area contributed by atoms with Crippen LogP contribution in [0.1, 0.15) is 12.0 Å². The highest BCUT2D eigenvalue weighted by molar-refractivity contribution is 7.08. The molecule has 3 rings (SSSR count). The molecule has 2 aromatic rings. The van der Waals surface area contributed by atoms with E-state index < -0.39 is 0 Å². The summed E-state index contributed by atoms with van der Waals surface area (Å²) in [5, 5.41) is 6.95. The first-order chi connectivity index (χ1) is 11.5. The summed E-state index contributed by atoms with van der Waals surface area (Å²) in [5.74, 6) is 1.55. The van der Waals surface area contributed by atoms with Crippen LogP contribution in [0.5, 0.6) is 5.75 Å². The van der Waals surface area contributed by atoms with Crippen molar-refractivity contribution >= 4 is 28.9 Å². The van der Waals surface area contributed by atoms with Gasteiger partial charge in [-0.1, -0.05) is 0 Å². The number of nitrogens with one attached hydrogen (secondary N) is 1. The lowest BCUT2D eigenvalue weighted by molar-refractivity contribution is 0.195. The molecule has 0 bridgehead atoms. The number of aromatic nitrogens is 1. The lowest BCUT2D eigenvalue weighted by Crippen LogP contribution is -2.34. The van der Waals surface area contributed by atoms with Gasteiger partial charge in [0.05, 0.1) is 12.2 Å². The van der Waals surface area contributed by atoms with Crippen LogP contribution in [0.15, 0.2) is 29.1 Å². The van der Waals surface area contributed by atoms with E-state index >= 15 is 0 Å². The van der Waals surface area contributed by atoms with E-state index in [4.69, 9.17) is 4.74 Å². The molecule has 0 aromatic carbocycles. The van der Waals surface area contributed by atoms with Gasteiger partial charge >= 0.3 is 6.03 Å². The lowest BCUT2D eigenvalue weighted by atomic mass is 10.3. The van der Waals surface area contributed by atoms with Crippen LogP contribution in [0.4, 0.5) is 16.3 Å². The molecule has 2 amide bonds. The summed E-state index contributed by atoms with van der Waals surface area (Å²) >= 11 is 1.59. The molecule has 1 fully saturated rings. The molecule has 0 radical (unpaired) electrons. The number of anilines is 2. The van der Waals surface area contributed by atoms with E-state index in [1.807, 2.05) is 48.8 Å². The van der Waals surface area contributed by atoms with Crippen LogP contribution >= 0.6 is 11.3 Å². The Labute approximate surface area is 146 Å². The van der Waals surface area contributed by atoms with Gasteiger partial charge in [-0.15, -0.1) is 11.3 Å². The first kappa shape index (κ1) is 16.6. The van der Waals surface area contributed by atoms with Crippen molar-refractivity contribution in [1.82, 2.24) is 9.88 Å². The van der Waals surface area contributed by atoms with Crippen molar-refractivity contribution in [2.24, 2.45) is 0 Å². The van der Waals surface area contributed by atoms with E-state index in [1.54, 1.807) is 22.4 Å². The average molecular weight is 346 g/mol. The largest absolute Gasteiger partial charge is 0.485 e. The Balaban J connectivity index is 1.60. The second-order valence-corrected chi connectivity index (χ2v) is 6.84. The Bertz CT molecular complexity index is 716. The van der Waals surface area contributed by atoms with Gasteiger partial charge in [0.2, 0.25) is 0 Å². The fourth-order valence-corrected chi connectivity index (χ4v) is 3.46. The van der Waals surface area contributed by atoms with Gasteiger partial charge in [0.15, 0.2) is 11.6 Å². The summed E-state index contributed by atoms with van der Waals surface area (Å²) in [6, 6.07) is 3.71. The molecule has 6 nitrogen and oxygen atoms in total. The Morgan fingerprint density at radius 1 is 1.46 bits per heavy atom. The fourth-order valence-electron chi connectivity index (χ4n) is 2.68. The first-order valence-electron chi connectivity index (χ1n) is 7.92. The van der Waals surface area contributed by atoms with Gasteiger partial charge in [0, 0.05) is 38.6 Å². The zero-order chi connectivity index (χ0) is 17.1. The van der Waals surface area contributed by atoms with Crippen molar-refractivity contribution in [3.05, 3.63) is 34.7 Å². The van der Waals surface area contributed by atoms with Crippen LogP contribution in [0, 0.1) is 6.92 Å². The number of amides is 2. The van der Waals surface area contributed by atoms with E-state index in [-0.39, 0.29) is 12.1 Å². The highest BCUT2D eigenvalue weighted by Crippen LogP contribution is 2.27. The molecule has 3 heterocycles. The number of urea groups is 1. The molecule has 1 aliphatic heterocycles. The van der Waals surface area contributed by atoms with Gasteiger partial charge in [-0.05, 0) is 30.0 Å². The van der Waals surface area contributed by atoms with Crippen molar-refractivity contribution in [2.45, 2.75) is 19.4 Å². The molecule has 7 heteroatoms. The van der Waals surface area contributed by atoms with E-state index in [9.17, 15) is 4.79 Å². The third-order valence-corrected chi connectivity index (χ3v) is 4.86. The lowest BCUT2D eigenvalue weighted by Gasteiger charge is -2.20. The summed E-state index contributed by atoms with van der Waals surface area (Å²) in [5.41, 5.74) is 1.97. The van der Waals surface area contributed by atoms with Crippen LogP contribution in [0.3, 0.4) is 0 Å². The van der Waals surface area contributed by atoms with Crippen LogP contribution in [-0.4, -0.2) is 49.2 Å². The number of hydrogen-bond acceptors (Lipinski definition) is 5. The SMILES string of the molecule is Cc1cscc1NC(=O)N1CC[C@@H](Oc2cccnc2N(C)C)C1. The summed E-state index contributed by atoms with van der Waals surface area (Å²) in [6.45, 7) is 3.27. The number of nitrogens with zero attached hydrogens (tertiary/aromatic N) is 3. The van der Waals surface area contributed by atoms with Crippen LogP contribution in [0.2, 0.25) is 0 Å². The van der Waals surface area contributed by atoms with Gasteiger partial charge in [0.25, 0.3) is 0 Å². The van der Waals surface area contributed by atoms with Gasteiger partial charge in [-0.3, -0.25) is 0 Å². The second-order valence-electron chi connectivity index (χ2n) is 6.09. The molecule has 1 atom stereocenters. The first-order valence-corrected chi connectivity index (χ1v) is 8.86. The molecule has 0 aliphatic carbocycles. The van der Waals surface area contributed by atoms with Crippen molar-refractivity contribution in [2.75, 3.05) is 37.4 Å². The summed E-state index contributed by atoms with van der Waals surface area (Å²) in [4.78, 5) is 20.4. The van der Waals surface area contributed by atoms with E-state index in [0.29, 0.717) is 13.1 Å². The summed E-state index contributed by atoms with van der Waals surface area (Å²) in [7, 11) is 3.87. The summed E-state index contributed by atoms with van der Waals surface area (Å²) < 4.78 is 6.08. The number of pyridine rings is 1. The number of ether oxygens (including phenoxy) is 1. The molecule has 1 aliphatic rings. The molecule has 128 valence electrons. The molecular weight excluding hydrogens is 324 g/mol. The van der Waals surface area contributed by atoms with E-state index in [0.717, 1.165) is 29.2 Å². The van der Waals surface area contributed by atoms with E-state index in [2.05, 4.69) is 10.3 Å². The number of aryl methyl sites for hydroxylation is 1. The molecule has 0 spiro atoms.